The highest BCUT2D eigenvalue weighted by atomic mass is 16.1. The van der Waals surface area contributed by atoms with E-state index in [1.54, 1.807) is 19.3 Å². The molecule has 1 amide bonds. The molecule has 0 aliphatic rings. The molecular weight excluding hydrogens is 166 g/mol. The maximum Gasteiger partial charge on any atom is 0.234 e. The first-order chi connectivity index (χ1) is 6.20. The van der Waals surface area contributed by atoms with E-state index in [0.29, 0.717) is 6.54 Å². The van der Waals surface area contributed by atoms with E-state index >= 15 is 0 Å². The van der Waals surface area contributed by atoms with Crippen molar-refractivity contribution in [3.8, 4) is 0 Å². The number of nitrogens with one attached hydrogen (secondary N) is 1. The Bertz CT molecular complexity index is 273. The number of pyridine rings is 1. The molecule has 0 saturated heterocycles. The average Bonchev–Trinajstić information content (AvgIpc) is 2.15. The molecule has 1 aromatic heterocycles. The van der Waals surface area contributed by atoms with Gasteiger partial charge in [0.15, 0.2) is 0 Å². The SMILES string of the molecule is CC(NCc1cccnc1)C(N)=O. The molecule has 1 atom stereocenters. The third kappa shape index (κ3) is 3.21. The molecule has 0 saturated carbocycles. The number of hydrogen-bond acceptors (Lipinski definition) is 3. The Hall–Kier alpha value is -1.42. The molecule has 1 unspecified atom stereocenters. The fraction of sp³-hybridized carbons (Fsp3) is 0.333. The first kappa shape index (κ1) is 9.67. The Balaban J connectivity index is 2.39. The van der Waals surface area contributed by atoms with Crippen LogP contribution in [0.25, 0.3) is 0 Å². The van der Waals surface area contributed by atoms with Crippen LogP contribution in [-0.2, 0) is 11.3 Å². The second kappa shape index (κ2) is 4.57. The molecule has 3 N–H and O–H groups in total. The summed E-state index contributed by atoms with van der Waals surface area (Å²) in [6.07, 6.45) is 3.46. The lowest BCUT2D eigenvalue weighted by Crippen LogP contribution is -2.38. The Morgan fingerprint density at radius 3 is 3.08 bits per heavy atom. The van der Waals surface area contributed by atoms with E-state index in [0.717, 1.165) is 5.56 Å². The topological polar surface area (TPSA) is 68.0 Å². The second-order valence-corrected chi connectivity index (χ2v) is 2.87. The molecule has 0 spiro atoms. The Morgan fingerprint density at radius 1 is 1.77 bits per heavy atom. The van der Waals surface area contributed by atoms with Gasteiger partial charge in [0.25, 0.3) is 0 Å². The molecule has 70 valence electrons. The van der Waals surface area contributed by atoms with Crippen LogP contribution < -0.4 is 11.1 Å². The first-order valence-corrected chi connectivity index (χ1v) is 4.12. The van der Waals surface area contributed by atoms with Crippen molar-refractivity contribution < 1.29 is 4.79 Å². The number of primary amides is 1. The van der Waals surface area contributed by atoms with Crippen LogP contribution in [0.15, 0.2) is 24.5 Å². The molecule has 1 rings (SSSR count). The van der Waals surface area contributed by atoms with Gasteiger partial charge in [-0.2, -0.15) is 0 Å². The maximum atomic E-state index is 10.7. The minimum absolute atomic E-state index is 0.305. The lowest BCUT2D eigenvalue weighted by molar-refractivity contribution is -0.119. The van der Waals surface area contributed by atoms with E-state index in [4.69, 9.17) is 5.73 Å². The van der Waals surface area contributed by atoms with Gasteiger partial charge in [-0.15, -0.1) is 0 Å². The molecule has 0 aromatic carbocycles. The fourth-order valence-electron chi connectivity index (χ4n) is 0.874. The van der Waals surface area contributed by atoms with Crippen molar-refractivity contribution in [2.24, 2.45) is 5.73 Å². The molecular formula is C9H13N3O. The summed E-state index contributed by atoms with van der Waals surface area (Å²) in [5.41, 5.74) is 6.12. The zero-order chi connectivity index (χ0) is 9.68. The number of rotatable bonds is 4. The van der Waals surface area contributed by atoms with Gasteiger partial charge in [0, 0.05) is 18.9 Å². The highest BCUT2D eigenvalue weighted by molar-refractivity contribution is 5.79. The molecule has 0 radical (unpaired) electrons. The summed E-state index contributed by atoms with van der Waals surface area (Å²) in [4.78, 5) is 14.6. The van der Waals surface area contributed by atoms with Crippen LogP contribution in [0.1, 0.15) is 12.5 Å². The van der Waals surface area contributed by atoms with Gasteiger partial charge in [0.05, 0.1) is 6.04 Å². The monoisotopic (exact) mass is 179 g/mol. The largest absolute Gasteiger partial charge is 0.368 e. The van der Waals surface area contributed by atoms with Crippen molar-refractivity contribution in [1.29, 1.82) is 0 Å². The van der Waals surface area contributed by atoms with Crippen LogP contribution >= 0.6 is 0 Å². The number of nitrogens with zero attached hydrogens (tertiary/aromatic N) is 1. The summed E-state index contributed by atoms with van der Waals surface area (Å²) in [5, 5.41) is 2.98. The van der Waals surface area contributed by atoms with Gasteiger partial charge < -0.3 is 11.1 Å². The zero-order valence-corrected chi connectivity index (χ0v) is 7.53. The maximum absolute atomic E-state index is 10.7. The van der Waals surface area contributed by atoms with E-state index in [-0.39, 0.29) is 11.9 Å². The Labute approximate surface area is 77.2 Å². The van der Waals surface area contributed by atoms with Crippen molar-refractivity contribution in [1.82, 2.24) is 10.3 Å². The van der Waals surface area contributed by atoms with Gasteiger partial charge >= 0.3 is 0 Å². The van der Waals surface area contributed by atoms with Crippen molar-refractivity contribution >= 4 is 5.91 Å². The predicted octanol–water partition coefficient (Wildman–Crippen LogP) is 0.0450. The number of aromatic nitrogens is 1. The average molecular weight is 179 g/mol. The zero-order valence-electron chi connectivity index (χ0n) is 7.53. The summed E-state index contributed by atoms with van der Waals surface area (Å²) in [7, 11) is 0. The lowest BCUT2D eigenvalue weighted by Gasteiger charge is -2.08. The molecule has 4 heteroatoms. The van der Waals surface area contributed by atoms with Gasteiger partial charge in [0.2, 0.25) is 5.91 Å². The van der Waals surface area contributed by atoms with Crippen LogP contribution in [-0.4, -0.2) is 16.9 Å². The third-order valence-corrected chi connectivity index (χ3v) is 1.76. The van der Waals surface area contributed by atoms with Gasteiger partial charge in [-0.05, 0) is 18.6 Å². The van der Waals surface area contributed by atoms with E-state index in [9.17, 15) is 4.79 Å². The van der Waals surface area contributed by atoms with Crippen molar-refractivity contribution in [3.63, 3.8) is 0 Å². The van der Waals surface area contributed by atoms with Crippen molar-refractivity contribution in [2.75, 3.05) is 0 Å². The fourth-order valence-corrected chi connectivity index (χ4v) is 0.874. The number of nitrogens with two attached hydrogens (primary N) is 1. The summed E-state index contributed by atoms with van der Waals surface area (Å²) in [5.74, 6) is -0.344. The molecule has 0 bridgehead atoms. The third-order valence-electron chi connectivity index (χ3n) is 1.76. The molecule has 0 fully saturated rings. The molecule has 1 heterocycles. The predicted molar refractivity (Wildman–Crippen MR) is 49.7 cm³/mol. The van der Waals surface area contributed by atoms with Crippen LogP contribution in [0, 0.1) is 0 Å². The van der Waals surface area contributed by atoms with Crippen LogP contribution in [0.2, 0.25) is 0 Å². The Kier molecular flexibility index (Phi) is 3.40. The number of hydrogen-bond donors (Lipinski definition) is 2. The number of amides is 1. The summed E-state index contributed by atoms with van der Waals surface area (Å²) < 4.78 is 0. The highest BCUT2D eigenvalue weighted by Crippen LogP contribution is 1.95. The van der Waals surface area contributed by atoms with Gasteiger partial charge in [-0.25, -0.2) is 0 Å². The van der Waals surface area contributed by atoms with Crippen LogP contribution in [0.3, 0.4) is 0 Å². The van der Waals surface area contributed by atoms with Crippen LogP contribution in [0.5, 0.6) is 0 Å². The molecule has 0 aliphatic heterocycles. The summed E-state index contributed by atoms with van der Waals surface area (Å²) in [6.45, 7) is 2.34. The minimum atomic E-state index is -0.344. The van der Waals surface area contributed by atoms with Gasteiger partial charge in [-0.1, -0.05) is 6.07 Å². The standard InChI is InChI=1S/C9H13N3O/c1-7(9(10)13)12-6-8-3-2-4-11-5-8/h2-5,7,12H,6H2,1H3,(H2,10,13). The summed E-state index contributed by atoms with van der Waals surface area (Å²) >= 11 is 0. The van der Waals surface area contributed by atoms with E-state index < -0.39 is 0 Å². The molecule has 0 aliphatic carbocycles. The highest BCUT2D eigenvalue weighted by Gasteiger charge is 2.06. The van der Waals surface area contributed by atoms with Crippen LogP contribution in [0.4, 0.5) is 0 Å². The van der Waals surface area contributed by atoms with Crippen molar-refractivity contribution in [2.45, 2.75) is 19.5 Å². The molecule has 13 heavy (non-hydrogen) atoms. The first-order valence-electron chi connectivity index (χ1n) is 4.12. The van der Waals surface area contributed by atoms with E-state index in [1.807, 2.05) is 12.1 Å². The molecule has 1 aromatic rings. The van der Waals surface area contributed by atoms with E-state index in [1.165, 1.54) is 0 Å². The quantitative estimate of drug-likeness (QED) is 0.686. The van der Waals surface area contributed by atoms with Gasteiger partial charge in [-0.3, -0.25) is 9.78 Å². The number of carbonyl (C=O) groups is 1. The minimum Gasteiger partial charge on any atom is -0.368 e. The Morgan fingerprint density at radius 2 is 2.54 bits per heavy atom. The second-order valence-electron chi connectivity index (χ2n) is 2.87. The lowest BCUT2D eigenvalue weighted by atomic mass is 10.2. The van der Waals surface area contributed by atoms with Crippen molar-refractivity contribution in [3.05, 3.63) is 30.1 Å². The van der Waals surface area contributed by atoms with E-state index in [2.05, 4.69) is 10.3 Å². The molecule has 4 nitrogen and oxygen atoms in total. The van der Waals surface area contributed by atoms with Gasteiger partial charge in [0.1, 0.15) is 0 Å². The normalized spacial score (nSPS) is 12.4. The summed E-state index contributed by atoms with van der Waals surface area (Å²) in [6, 6.07) is 3.49. The smallest absolute Gasteiger partial charge is 0.234 e. The number of carbonyl (C=O) groups excluding carboxylic acids is 1.